The van der Waals surface area contributed by atoms with E-state index in [1.807, 2.05) is 37.8 Å². The van der Waals surface area contributed by atoms with Gasteiger partial charge in [0.15, 0.2) is 0 Å². The van der Waals surface area contributed by atoms with Crippen molar-refractivity contribution in [3.05, 3.63) is 35.4 Å². The fourth-order valence-corrected chi connectivity index (χ4v) is 2.61. The summed E-state index contributed by atoms with van der Waals surface area (Å²) in [6.45, 7) is 7.38. The first kappa shape index (κ1) is 17.3. The molecule has 0 fully saturated rings. The van der Waals surface area contributed by atoms with Crippen molar-refractivity contribution < 1.29 is 14.3 Å². The number of nitrogens with zero attached hydrogens (tertiary/aromatic N) is 1. The number of fused-ring (bicyclic) bond motifs is 1. The smallest absolute Gasteiger partial charge is 0.407 e. The van der Waals surface area contributed by atoms with Crippen molar-refractivity contribution in [1.82, 2.24) is 10.2 Å². The van der Waals surface area contributed by atoms with E-state index in [9.17, 15) is 9.59 Å². The monoisotopic (exact) mass is 318 g/mol. The molecule has 2 rings (SSSR count). The molecule has 0 spiro atoms. The number of nitrogens with one attached hydrogen (secondary N) is 1. The lowest BCUT2D eigenvalue weighted by atomic mass is 9.99. The molecule has 0 saturated carbocycles. The number of carbonyl (C=O) groups excluding carboxylic acids is 2. The molecule has 0 saturated heterocycles. The number of amides is 2. The van der Waals surface area contributed by atoms with E-state index >= 15 is 0 Å². The number of alkyl carbamates (subject to hydrolysis) is 1. The Labute approximate surface area is 138 Å². The minimum absolute atomic E-state index is 0.144. The number of hydrogen-bond acceptors (Lipinski definition) is 3. The zero-order valence-electron chi connectivity index (χ0n) is 14.2. The molecule has 0 aliphatic carbocycles. The van der Waals surface area contributed by atoms with Crippen molar-refractivity contribution in [2.75, 3.05) is 13.1 Å². The molecule has 1 aliphatic rings. The fourth-order valence-electron chi connectivity index (χ4n) is 2.61. The molecule has 0 aromatic heterocycles. The van der Waals surface area contributed by atoms with E-state index in [4.69, 9.17) is 4.74 Å². The van der Waals surface area contributed by atoms with Crippen LogP contribution in [-0.4, -0.2) is 35.6 Å². The van der Waals surface area contributed by atoms with Crippen molar-refractivity contribution in [3.8, 4) is 0 Å². The van der Waals surface area contributed by atoms with Crippen LogP contribution in [-0.2, 0) is 22.5 Å². The maximum absolute atomic E-state index is 12.3. The highest BCUT2D eigenvalue weighted by atomic mass is 16.6. The summed E-state index contributed by atoms with van der Waals surface area (Å²) in [6, 6.07) is 8.26. The van der Waals surface area contributed by atoms with Crippen LogP contribution in [0.1, 0.15) is 44.7 Å². The summed E-state index contributed by atoms with van der Waals surface area (Å²) in [5, 5.41) is 2.68. The van der Waals surface area contributed by atoms with Crippen LogP contribution in [0, 0.1) is 0 Å². The molecule has 1 heterocycles. The third-order valence-electron chi connectivity index (χ3n) is 3.72. The zero-order chi connectivity index (χ0) is 16.9. The van der Waals surface area contributed by atoms with Gasteiger partial charge in [0.05, 0.1) is 0 Å². The van der Waals surface area contributed by atoms with Gasteiger partial charge in [0.1, 0.15) is 5.60 Å². The van der Waals surface area contributed by atoms with Crippen LogP contribution in [0.3, 0.4) is 0 Å². The van der Waals surface area contributed by atoms with Crippen molar-refractivity contribution >= 4 is 12.0 Å². The highest BCUT2D eigenvalue weighted by molar-refractivity contribution is 5.76. The number of hydrogen-bond donors (Lipinski definition) is 1. The normalized spacial score (nSPS) is 14.1. The van der Waals surface area contributed by atoms with Gasteiger partial charge in [-0.25, -0.2) is 4.79 Å². The second-order valence-electron chi connectivity index (χ2n) is 6.87. The van der Waals surface area contributed by atoms with Gasteiger partial charge in [-0.1, -0.05) is 24.3 Å². The average molecular weight is 318 g/mol. The third-order valence-corrected chi connectivity index (χ3v) is 3.72. The summed E-state index contributed by atoms with van der Waals surface area (Å²) in [5.74, 6) is 0.144. The van der Waals surface area contributed by atoms with Gasteiger partial charge in [0.2, 0.25) is 5.91 Å². The number of rotatable bonds is 4. The van der Waals surface area contributed by atoms with E-state index in [0.717, 1.165) is 13.0 Å². The quantitative estimate of drug-likeness (QED) is 0.869. The molecule has 0 unspecified atom stereocenters. The van der Waals surface area contributed by atoms with Gasteiger partial charge in [0.25, 0.3) is 0 Å². The molecule has 1 N–H and O–H groups in total. The van der Waals surface area contributed by atoms with E-state index in [2.05, 4.69) is 17.4 Å². The van der Waals surface area contributed by atoms with Crippen molar-refractivity contribution in [2.24, 2.45) is 0 Å². The molecule has 0 radical (unpaired) electrons. The van der Waals surface area contributed by atoms with Crippen LogP contribution in [0.15, 0.2) is 24.3 Å². The Morgan fingerprint density at radius 2 is 1.91 bits per heavy atom. The van der Waals surface area contributed by atoms with E-state index in [0.29, 0.717) is 25.9 Å². The molecule has 5 heteroatoms. The van der Waals surface area contributed by atoms with Gasteiger partial charge < -0.3 is 15.0 Å². The van der Waals surface area contributed by atoms with Crippen LogP contribution >= 0.6 is 0 Å². The highest BCUT2D eigenvalue weighted by Crippen LogP contribution is 2.19. The Morgan fingerprint density at radius 3 is 2.61 bits per heavy atom. The number of ether oxygens (including phenoxy) is 1. The summed E-state index contributed by atoms with van der Waals surface area (Å²) in [4.78, 5) is 25.7. The number of benzene rings is 1. The van der Waals surface area contributed by atoms with Crippen molar-refractivity contribution in [2.45, 2.75) is 52.2 Å². The van der Waals surface area contributed by atoms with Crippen LogP contribution < -0.4 is 5.32 Å². The maximum atomic E-state index is 12.3. The SMILES string of the molecule is CC(C)(C)OC(=O)NCCCC(=O)N1CCc2ccccc2C1. The van der Waals surface area contributed by atoms with Gasteiger partial charge in [-0.05, 0) is 44.7 Å². The lowest BCUT2D eigenvalue weighted by molar-refractivity contribution is -0.132. The average Bonchev–Trinajstić information content (AvgIpc) is 2.49. The summed E-state index contributed by atoms with van der Waals surface area (Å²) < 4.78 is 5.15. The van der Waals surface area contributed by atoms with Crippen molar-refractivity contribution in [1.29, 1.82) is 0 Å². The minimum atomic E-state index is -0.499. The van der Waals surface area contributed by atoms with Gasteiger partial charge in [-0.2, -0.15) is 0 Å². The molecular formula is C18H26N2O3. The third kappa shape index (κ3) is 5.58. The second kappa shape index (κ2) is 7.49. The summed E-state index contributed by atoms with van der Waals surface area (Å²) in [7, 11) is 0. The predicted octanol–water partition coefficient (Wildman–Crippen LogP) is 2.88. The first-order valence-corrected chi connectivity index (χ1v) is 8.16. The molecule has 5 nitrogen and oxygen atoms in total. The predicted molar refractivity (Wildman–Crippen MR) is 89.0 cm³/mol. The van der Waals surface area contributed by atoms with Crippen molar-refractivity contribution in [3.63, 3.8) is 0 Å². The summed E-state index contributed by atoms with van der Waals surface area (Å²) >= 11 is 0. The van der Waals surface area contributed by atoms with Crippen LogP contribution in [0.2, 0.25) is 0 Å². The van der Waals surface area contributed by atoms with Crippen LogP contribution in [0.5, 0.6) is 0 Å². The Hall–Kier alpha value is -2.04. The number of carbonyl (C=O) groups is 2. The molecular weight excluding hydrogens is 292 g/mol. The summed E-state index contributed by atoms with van der Waals surface area (Å²) in [6.07, 6.45) is 1.54. The highest BCUT2D eigenvalue weighted by Gasteiger charge is 2.20. The molecule has 1 aromatic rings. The fraction of sp³-hybridized carbons (Fsp3) is 0.556. The summed E-state index contributed by atoms with van der Waals surface area (Å²) in [5.41, 5.74) is 2.07. The van der Waals surface area contributed by atoms with Crippen LogP contribution in [0.4, 0.5) is 4.79 Å². The van der Waals surface area contributed by atoms with E-state index in [1.165, 1.54) is 11.1 Å². The molecule has 0 bridgehead atoms. The zero-order valence-corrected chi connectivity index (χ0v) is 14.2. The first-order valence-electron chi connectivity index (χ1n) is 8.16. The van der Waals surface area contributed by atoms with Gasteiger partial charge in [-0.15, -0.1) is 0 Å². The molecule has 126 valence electrons. The van der Waals surface area contributed by atoms with Gasteiger partial charge in [0, 0.05) is 26.1 Å². The largest absolute Gasteiger partial charge is 0.444 e. The topological polar surface area (TPSA) is 58.6 Å². The Balaban J connectivity index is 1.69. The second-order valence-corrected chi connectivity index (χ2v) is 6.87. The van der Waals surface area contributed by atoms with Crippen LogP contribution in [0.25, 0.3) is 0 Å². The first-order chi connectivity index (χ1) is 10.8. The Kier molecular flexibility index (Phi) is 5.64. The molecule has 2 amide bonds. The molecule has 0 atom stereocenters. The van der Waals surface area contributed by atoms with E-state index in [1.54, 1.807) is 0 Å². The van der Waals surface area contributed by atoms with Gasteiger partial charge in [-0.3, -0.25) is 4.79 Å². The molecule has 1 aromatic carbocycles. The standard InChI is InChI=1S/C18H26N2O3/c1-18(2,3)23-17(22)19-11-6-9-16(21)20-12-10-14-7-4-5-8-15(14)13-20/h4-5,7-8H,6,9-13H2,1-3H3,(H,19,22). The molecule has 23 heavy (non-hydrogen) atoms. The van der Waals surface area contributed by atoms with Gasteiger partial charge >= 0.3 is 6.09 Å². The minimum Gasteiger partial charge on any atom is -0.444 e. The van der Waals surface area contributed by atoms with E-state index in [-0.39, 0.29) is 5.91 Å². The lowest BCUT2D eigenvalue weighted by Crippen LogP contribution is -2.36. The maximum Gasteiger partial charge on any atom is 0.407 e. The lowest BCUT2D eigenvalue weighted by Gasteiger charge is -2.29. The van der Waals surface area contributed by atoms with E-state index < -0.39 is 11.7 Å². The molecule has 1 aliphatic heterocycles. The Bertz CT molecular complexity index is 564. The Morgan fingerprint density at radius 1 is 1.22 bits per heavy atom.